The maximum Gasteiger partial charge on any atom is 0.287 e. The number of thiocarbonyl (C=S) groups is 1. The molecule has 136 valence electrons. The van der Waals surface area contributed by atoms with Crippen LogP contribution in [0.15, 0.2) is 48.7 Å². The Bertz CT molecular complexity index is 762. The van der Waals surface area contributed by atoms with Gasteiger partial charge in [0.2, 0.25) is 0 Å². The molecule has 0 unspecified atom stereocenters. The zero-order chi connectivity index (χ0) is 18.4. The molecule has 3 rings (SSSR count). The second kappa shape index (κ2) is 8.20. The summed E-state index contributed by atoms with van der Waals surface area (Å²) < 4.78 is 5.54. The summed E-state index contributed by atoms with van der Waals surface area (Å²) in [5.74, 6) is 0.467. The van der Waals surface area contributed by atoms with Crippen molar-refractivity contribution in [3.63, 3.8) is 0 Å². The third-order valence-corrected chi connectivity index (χ3v) is 4.87. The zero-order valence-electron chi connectivity index (χ0n) is 14.2. The van der Waals surface area contributed by atoms with Gasteiger partial charge in [-0.2, -0.15) is 0 Å². The Balaban J connectivity index is 1.63. The number of hydrogen-bond donors (Lipinski definition) is 2. The SMILES string of the molecule is O=[N+]([O-])c1ccc(NC(=S)NCC2(c3ccccc3)CCOCC2)nc1. The number of hydrogen-bond acceptors (Lipinski definition) is 5. The molecule has 2 N–H and O–H groups in total. The molecule has 2 aromatic rings. The predicted molar refractivity (Wildman–Crippen MR) is 103 cm³/mol. The molecular weight excluding hydrogens is 352 g/mol. The van der Waals surface area contributed by atoms with Crippen LogP contribution in [0.1, 0.15) is 18.4 Å². The van der Waals surface area contributed by atoms with Crippen LogP contribution in [0.4, 0.5) is 11.5 Å². The van der Waals surface area contributed by atoms with Crippen molar-refractivity contribution < 1.29 is 9.66 Å². The van der Waals surface area contributed by atoms with E-state index in [0.717, 1.165) is 26.1 Å². The Kier molecular flexibility index (Phi) is 5.75. The molecular formula is C18H20N4O3S. The van der Waals surface area contributed by atoms with Gasteiger partial charge in [-0.25, -0.2) is 4.98 Å². The number of nitrogens with one attached hydrogen (secondary N) is 2. The van der Waals surface area contributed by atoms with Gasteiger partial charge in [0.25, 0.3) is 5.69 Å². The number of nitro groups is 1. The molecule has 1 aliphatic heterocycles. The molecule has 7 nitrogen and oxygen atoms in total. The third-order valence-electron chi connectivity index (χ3n) is 4.62. The van der Waals surface area contributed by atoms with Crippen molar-refractivity contribution in [1.82, 2.24) is 10.3 Å². The van der Waals surface area contributed by atoms with Crippen molar-refractivity contribution in [3.8, 4) is 0 Å². The van der Waals surface area contributed by atoms with Crippen LogP contribution in [0.3, 0.4) is 0 Å². The van der Waals surface area contributed by atoms with Crippen molar-refractivity contribution in [3.05, 3.63) is 64.3 Å². The Morgan fingerprint density at radius 3 is 2.58 bits per heavy atom. The normalized spacial score (nSPS) is 15.8. The summed E-state index contributed by atoms with van der Waals surface area (Å²) in [6.07, 6.45) is 3.04. The first-order valence-corrected chi connectivity index (χ1v) is 8.78. The van der Waals surface area contributed by atoms with Gasteiger partial charge in [-0.1, -0.05) is 30.3 Å². The Morgan fingerprint density at radius 1 is 1.23 bits per heavy atom. The summed E-state index contributed by atoms with van der Waals surface area (Å²) in [6, 6.07) is 13.3. The molecule has 0 radical (unpaired) electrons. The molecule has 1 fully saturated rings. The molecule has 2 heterocycles. The Morgan fingerprint density at radius 2 is 1.96 bits per heavy atom. The van der Waals surface area contributed by atoms with Crippen LogP contribution in [0.25, 0.3) is 0 Å². The van der Waals surface area contributed by atoms with Crippen LogP contribution >= 0.6 is 12.2 Å². The topological polar surface area (TPSA) is 89.3 Å². The first kappa shape index (κ1) is 18.2. The van der Waals surface area contributed by atoms with Crippen molar-refractivity contribution in [1.29, 1.82) is 0 Å². The number of rotatable bonds is 5. The number of pyridine rings is 1. The van der Waals surface area contributed by atoms with Crippen molar-refractivity contribution in [2.45, 2.75) is 18.3 Å². The van der Waals surface area contributed by atoms with E-state index in [1.165, 1.54) is 23.9 Å². The van der Waals surface area contributed by atoms with E-state index in [4.69, 9.17) is 17.0 Å². The van der Waals surface area contributed by atoms with Crippen molar-refractivity contribution in [2.24, 2.45) is 0 Å². The zero-order valence-corrected chi connectivity index (χ0v) is 15.0. The van der Waals surface area contributed by atoms with Crippen molar-refractivity contribution in [2.75, 3.05) is 25.1 Å². The minimum absolute atomic E-state index is 0.0336. The highest BCUT2D eigenvalue weighted by atomic mass is 32.1. The molecule has 26 heavy (non-hydrogen) atoms. The van der Waals surface area contributed by atoms with Crippen LogP contribution in [-0.4, -0.2) is 34.8 Å². The van der Waals surface area contributed by atoms with E-state index in [2.05, 4.69) is 27.8 Å². The summed E-state index contributed by atoms with van der Waals surface area (Å²) in [5, 5.41) is 17.4. The van der Waals surface area contributed by atoms with Gasteiger partial charge in [-0.3, -0.25) is 10.1 Å². The van der Waals surface area contributed by atoms with E-state index in [0.29, 0.717) is 17.5 Å². The molecule has 0 saturated carbocycles. The average Bonchev–Trinajstić information content (AvgIpc) is 2.68. The van der Waals surface area contributed by atoms with Crippen LogP contribution in [0, 0.1) is 10.1 Å². The molecule has 0 aliphatic carbocycles. The van der Waals surface area contributed by atoms with Gasteiger partial charge < -0.3 is 15.4 Å². The first-order valence-electron chi connectivity index (χ1n) is 8.38. The standard InChI is InChI=1S/C18H20N4O3S/c23-22(24)15-6-7-16(19-12-15)21-17(26)20-13-18(8-10-25-11-9-18)14-4-2-1-3-5-14/h1-7,12H,8-11,13H2,(H2,19,20,21,26). The van der Waals surface area contributed by atoms with E-state index in [-0.39, 0.29) is 11.1 Å². The minimum Gasteiger partial charge on any atom is -0.381 e. The Labute approximate surface area is 156 Å². The van der Waals surface area contributed by atoms with Gasteiger partial charge in [-0.15, -0.1) is 0 Å². The predicted octanol–water partition coefficient (Wildman–Crippen LogP) is 3.02. The Hall–Kier alpha value is -2.58. The van der Waals surface area contributed by atoms with Crippen LogP contribution < -0.4 is 10.6 Å². The van der Waals surface area contributed by atoms with Gasteiger partial charge in [0, 0.05) is 31.2 Å². The van der Waals surface area contributed by atoms with Gasteiger partial charge in [0.05, 0.1) is 4.92 Å². The van der Waals surface area contributed by atoms with Crippen LogP contribution in [-0.2, 0) is 10.2 Å². The fraction of sp³-hybridized carbons (Fsp3) is 0.333. The molecule has 0 bridgehead atoms. The fourth-order valence-electron chi connectivity index (χ4n) is 3.10. The number of benzene rings is 1. The second-order valence-electron chi connectivity index (χ2n) is 6.23. The lowest BCUT2D eigenvalue weighted by Crippen LogP contribution is -2.45. The highest BCUT2D eigenvalue weighted by Crippen LogP contribution is 2.34. The van der Waals surface area contributed by atoms with Gasteiger partial charge in [0.1, 0.15) is 12.0 Å². The second-order valence-corrected chi connectivity index (χ2v) is 6.63. The van der Waals surface area contributed by atoms with Crippen molar-refractivity contribution >= 4 is 28.8 Å². The number of anilines is 1. The minimum atomic E-state index is -0.484. The molecule has 1 aliphatic rings. The molecule has 1 aromatic heterocycles. The number of aromatic nitrogens is 1. The van der Waals surface area contributed by atoms with E-state index >= 15 is 0 Å². The highest BCUT2D eigenvalue weighted by molar-refractivity contribution is 7.80. The quantitative estimate of drug-likeness (QED) is 0.474. The van der Waals surface area contributed by atoms with Gasteiger partial charge in [0.15, 0.2) is 5.11 Å². The van der Waals surface area contributed by atoms with E-state index in [1.807, 2.05) is 18.2 Å². The largest absolute Gasteiger partial charge is 0.381 e. The lowest BCUT2D eigenvalue weighted by molar-refractivity contribution is -0.385. The van der Waals surface area contributed by atoms with Gasteiger partial charge >= 0.3 is 0 Å². The molecule has 0 atom stereocenters. The lowest BCUT2D eigenvalue weighted by Gasteiger charge is -2.38. The smallest absolute Gasteiger partial charge is 0.287 e. The molecule has 0 spiro atoms. The van der Waals surface area contributed by atoms with E-state index in [9.17, 15) is 10.1 Å². The highest BCUT2D eigenvalue weighted by Gasteiger charge is 2.34. The molecule has 1 aromatic carbocycles. The summed E-state index contributed by atoms with van der Waals surface area (Å²) in [5.41, 5.74) is 1.18. The molecule has 0 amide bonds. The summed E-state index contributed by atoms with van der Waals surface area (Å²) >= 11 is 5.36. The maximum atomic E-state index is 10.7. The lowest BCUT2D eigenvalue weighted by atomic mass is 9.74. The fourth-order valence-corrected chi connectivity index (χ4v) is 3.28. The number of ether oxygens (including phenoxy) is 1. The van der Waals surface area contributed by atoms with E-state index < -0.39 is 4.92 Å². The van der Waals surface area contributed by atoms with E-state index in [1.54, 1.807) is 0 Å². The molecule has 8 heteroatoms. The summed E-state index contributed by atoms with van der Waals surface area (Å²) in [6.45, 7) is 2.13. The monoisotopic (exact) mass is 372 g/mol. The van der Waals surface area contributed by atoms with Gasteiger partial charge in [-0.05, 0) is 36.7 Å². The van der Waals surface area contributed by atoms with Crippen LogP contribution in [0.5, 0.6) is 0 Å². The first-order chi connectivity index (χ1) is 12.6. The third kappa shape index (κ3) is 4.33. The summed E-state index contributed by atoms with van der Waals surface area (Å²) in [4.78, 5) is 14.2. The molecule has 1 saturated heterocycles. The summed E-state index contributed by atoms with van der Waals surface area (Å²) in [7, 11) is 0. The average molecular weight is 372 g/mol. The maximum absolute atomic E-state index is 10.7. The van der Waals surface area contributed by atoms with Crippen LogP contribution in [0.2, 0.25) is 0 Å². The number of nitrogens with zero attached hydrogens (tertiary/aromatic N) is 2.